The van der Waals surface area contributed by atoms with Crippen LogP contribution in [0.4, 0.5) is 10.1 Å². The van der Waals surface area contributed by atoms with Crippen molar-refractivity contribution < 1.29 is 9.18 Å². The van der Waals surface area contributed by atoms with Crippen molar-refractivity contribution in [2.75, 3.05) is 5.73 Å². The van der Waals surface area contributed by atoms with Gasteiger partial charge in [0.25, 0.3) is 5.91 Å². The minimum atomic E-state index is -0.462. The van der Waals surface area contributed by atoms with Gasteiger partial charge in [-0.05, 0) is 36.8 Å². The van der Waals surface area contributed by atoms with Crippen LogP contribution < -0.4 is 11.1 Å². The maximum absolute atomic E-state index is 13.3. The minimum absolute atomic E-state index is 0.259. The van der Waals surface area contributed by atoms with Gasteiger partial charge in [0.2, 0.25) is 0 Å². The molecule has 0 aliphatic rings. The molecule has 0 radical (unpaired) electrons. The number of nitrogens with one attached hydrogen (secondary N) is 1. The van der Waals surface area contributed by atoms with E-state index in [1.165, 1.54) is 12.1 Å². The monoisotopic (exact) mass is 336 g/mol. The van der Waals surface area contributed by atoms with Gasteiger partial charge in [-0.15, -0.1) is 0 Å². The van der Waals surface area contributed by atoms with Crippen molar-refractivity contribution in [1.82, 2.24) is 5.32 Å². The molecule has 0 saturated carbocycles. The summed E-state index contributed by atoms with van der Waals surface area (Å²) < 4.78 is 13.8. The predicted octanol–water partition coefficient (Wildman–Crippen LogP) is 3.66. The number of benzene rings is 2. The highest BCUT2D eigenvalue weighted by Crippen LogP contribution is 2.20. The molecule has 0 bridgehead atoms. The van der Waals surface area contributed by atoms with Crippen LogP contribution in [0, 0.1) is 5.82 Å². The Morgan fingerprint density at radius 1 is 1.30 bits per heavy atom. The fourth-order valence-corrected chi connectivity index (χ4v) is 2.41. The number of halogens is 2. The van der Waals surface area contributed by atoms with E-state index in [0.717, 1.165) is 5.56 Å². The number of carbonyl (C=O) groups is 1. The van der Waals surface area contributed by atoms with Crippen molar-refractivity contribution in [3.8, 4) is 0 Å². The lowest BCUT2D eigenvalue weighted by Crippen LogP contribution is -2.27. The molecule has 0 heterocycles. The van der Waals surface area contributed by atoms with E-state index in [1.54, 1.807) is 12.1 Å². The van der Waals surface area contributed by atoms with Gasteiger partial charge in [0.05, 0.1) is 6.04 Å². The molecule has 0 fully saturated rings. The summed E-state index contributed by atoms with van der Waals surface area (Å²) in [5.41, 5.74) is 7.57. The van der Waals surface area contributed by atoms with Crippen molar-refractivity contribution in [1.29, 1.82) is 0 Å². The van der Waals surface area contributed by atoms with Crippen molar-refractivity contribution >= 4 is 27.5 Å². The second-order valence-electron chi connectivity index (χ2n) is 4.48. The molecule has 0 spiro atoms. The molecule has 1 amide bonds. The first-order valence-electron chi connectivity index (χ1n) is 6.08. The Balaban J connectivity index is 2.17. The van der Waals surface area contributed by atoms with Gasteiger partial charge in [-0.1, -0.05) is 34.1 Å². The number of anilines is 1. The molecule has 2 rings (SSSR count). The van der Waals surface area contributed by atoms with Gasteiger partial charge in [-0.2, -0.15) is 0 Å². The second kappa shape index (κ2) is 6.05. The van der Waals surface area contributed by atoms with Gasteiger partial charge in [-0.25, -0.2) is 4.39 Å². The molecule has 5 heteroatoms. The molecule has 0 saturated heterocycles. The van der Waals surface area contributed by atoms with Crippen molar-refractivity contribution in [3.63, 3.8) is 0 Å². The zero-order chi connectivity index (χ0) is 14.7. The highest BCUT2D eigenvalue weighted by Gasteiger charge is 2.14. The van der Waals surface area contributed by atoms with Gasteiger partial charge in [0.15, 0.2) is 0 Å². The number of carbonyl (C=O) groups excluding carboxylic acids is 1. The lowest BCUT2D eigenvalue weighted by molar-refractivity contribution is 0.0939. The van der Waals surface area contributed by atoms with Crippen LogP contribution >= 0.6 is 15.9 Å². The maximum atomic E-state index is 13.3. The first-order valence-corrected chi connectivity index (χ1v) is 6.88. The summed E-state index contributed by atoms with van der Waals surface area (Å²) in [7, 11) is 0. The molecule has 3 nitrogen and oxygen atoms in total. The number of hydrogen-bond acceptors (Lipinski definition) is 2. The van der Waals surface area contributed by atoms with Gasteiger partial charge >= 0.3 is 0 Å². The summed E-state index contributed by atoms with van der Waals surface area (Å²) in [6.07, 6.45) is 0. The Morgan fingerprint density at radius 3 is 2.65 bits per heavy atom. The zero-order valence-electron chi connectivity index (χ0n) is 10.9. The molecule has 20 heavy (non-hydrogen) atoms. The Kier molecular flexibility index (Phi) is 4.39. The van der Waals surface area contributed by atoms with Crippen LogP contribution in [0.2, 0.25) is 0 Å². The van der Waals surface area contributed by atoms with E-state index in [2.05, 4.69) is 21.2 Å². The van der Waals surface area contributed by atoms with E-state index in [-0.39, 0.29) is 17.5 Å². The minimum Gasteiger partial charge on any atom is -0.398 e. The lowest BCUT2D eigenvalue weighted by atomic mass is 10.1. The van der Waals surface area contributed by atoms with Crippen LogP contribution in [0.3, 0.4) is 0 Å². The van der Waals surface area contributed by atoms with E-state index in [1.807, 2.05) is 25.1 Å². The average Bonchev–Trinajstić information content (AvgIpc) is 2.37. The Morgan fingerprint density at radius 2 is 2.00 bits per heavy atom. The van der Waals surface area contributed by atoms with Gasteiger partial charge in [-0.3, -0.25) is 4.79 Å². The first kappa shape index (κ1) is 14.5. The van der Waals surface area contributed by atoms with Crippen LogP contribution in [-0.2, 0) is 0 Å². The molecule has 0 aliphatic carbocycles. The Labute approximate surface area is 125 Å². The van der Waals surface area contributed by atoms with Gasteiger partial charge in [0, 0.05) is 15.7 Å². The number of amides is 1. The van der Waals surface area contributed by atoms with Gasteiger partial charge in [0.1, 0.15) is 5.82 Å². The smallest absolute Gasteiger partial charge is 0.251 e. The third kappa shape index (κ3) is 3.36. The van der Waals surface area contributed by atoms with E-state index >= 15 is 0 Å². The fourth-order valence-electron chi connectivity index (χ4n) is 1.95. The third-order valence-corrected chi connectivity index (χ3v) is 3.39. The summed E-state index contributed by atoms with van der Waals surface area (Å²) in [6.45, 7) is 1.83. The quantitative estimate of drug-likeness (QED) is 0.840. The summed E-state index contributed by atoms with van der Waals surface area (Å²) in [5.74, 6) is -0.808. The summed E-state index contributed by atoms with van der Waals surface area (Å²) in [6, 6.07) is 11.1. The zero-order valence-corrected chi connectivity index (χ0v) is 12.4. The van der Waals surface area contributed by atoms with E-state index < -0.39 is 5.82 Å². The van der Waals surface area contributed by atoms with E-state index in [0.29, 0.717) is 10.2 Å². The van der Waals surface area contributed by atoms with Crippen molar-refractivity contribution in [2.45, 2.75) is 13.0 Å². The first-order chi connectivity index (χ1) is 9.47. The molecule has 1 atom stereocenters. The summed E-state index contributed by atoms with van der Waals surface area (Å²) in [5, 5.41) is 2.80. The van der Waals surface area contributed by atoms with Crippen molar-refractivity contribution in [3.05, 3.63) is 63.9 Å². The normalized spacial score (nSPS) is 11.9. The summed E-state index contributed by atoms with van der Waals surface area (Å²) >= 11 is 3.16. The Hall–Kier alpha value is -1.88. The average molecular weight is 337 g/mol. The fraction of sp³-hybridized carbons (Fsp3) is 0.133. The molecular weight excluding hydrogens is 323 g/mol. The number of rotatable bonds is 3. The molecule has 2 aromatic carbocycles. The molecule has 1 unspecified atom stereocenters. The molecular formula is C15H14BrFN2O. The molecule has 0 aliphatic heterocycles. The molecule has 104 valence electrons. The molecule has 2 aromatic rings. The van der Waals surface area contributed by atoms with E-state index in [4.69, 9.17) is 5.73 Å². The number of para-hydroxylation sites is 1. The van der Waals surface area contributed by atoms with Crippen molar-refractivity contribution in [2.24, 2.45) is 0 Å². The number of nitrogens with two attached hydrogens (primary N) is 1. The standard InChI is InChI=1S/C15H14BrFN2O/c1-9(13-4-2-3-5-14(13)18)19-15(20)10-6-11(16)8-12(17)7-10/h2-9H,18H2,1H3,(H,19,20). The lowest BCUT2D eigenvalue weighted by Gasteiger charge is -2.16. The highest BCUT2D eigenvalue weighted by atomic mass is 79.9. The summed E-state index contributed by atoms with van der Waals surface area (Å²) in [4.78, 5) is 12.1. The molecule has 0 aromatic heterocycles. The maximum Gasteiger partial charge on any atom is 0.251 e. The predicted molar refractivity (Wildman–Crippen MR) is 80.8 cm³/mol. The highest BCUT2D eigenvalue weighted by molar-refractivity contribution is 9.10. The molecule has 3 N–H and O–H groups in total. The largest absolute Gasteiger partial charge is 0.398 e. The topological polar surface area (TPSA) is 55.1 Å². The van der Waals surface area contributed by atoms with Crippen LogP contribution in [0.1, 0.15) is 28.9 Å². The van der Waals surface area contributed by atoms with Crippen LogP contribution in [0.25, 0.3) is 0 Å². The Bertz CT molecular complexity index is 625. The van der Waals surface area contributed by atoms with Gasteiger partial charge < -0.3 is 11.1 Å². The number of nitrogen functional groups attached to an aromatic ring is 1. The van der Waals surface area contributed by atoms with E-state index in [9.17, 15) is 9.18 Å². The second-order valence-corrected chi connectivity index (χ2v) is 5.40. The van der Waals surface area contributed by atoms with Crippen LogP contribution in [0.5, 0.6) is 0 Å². The third-order valence-electron chi connectivity index (χ3n) is 2.93. The van der Waals surface area contributed by atoms with Crippen LogP contribution in [-0.4, -0.2) is 5.91 Å². The SMILES string of the molecule is CC(NC(=O)c1cc(F)cc(Br)c1)c1ccccc1N. The number of hydrogen-bond donors (Lipinski definition) is 2. The van der Waals surface area contributed by atoms with Crippen LogP contribution in [0.15, 0.2) is 46.9 Å².